The standard InChI is InChI=1S/C20H16FN3O2/c1-25-14-7-8-19(26-2)16(9-14)18-10-15(17(11-22)20(23)24-18)12-3-5-13(21)6-4-12/h3-10H,1-2H3,(H2,23,24)/p+1. The molecule has 1 aromatic heterocycles. The predicted octanol–water partition coefficient (Wildman–Crippen LogP) is 3.44. The number of halogens is 1. The summed E-state index contributed by atoms with van der Waals surface area (Å²) in [6, 6.07) is 15.2. The number of rotatable bonds is 4. The van der Waals surface area contributed by atoms with Gasteiger partial charge in [-0.3, -0.25) is 5.73 Å². The van der Waals surface area contributed by atoms with E-state index in [2.05, 4.69) is 11.1 Å². The smallest absolute Gasteiger partial charge is 0.289 e. The normalized spacial score (nSPS) is 10.2. The molecule has 6 heteroatoms. The number of nitrogens with zero attached hydrogens (tertiary/aromatic N) is 1. The van der Waals surface area contributed by atoms with Crippen molar-refractivity contribution >= 4 is 5.82 Å². The molecule has 2 aromatic carbocycles. The highest BCUT2D eigenvalue weighted by Crippen LogP contribution is 2.35. The fourth-order valence-corrected chi connectivity index (χ4v) is 2.75. The lowest BCUT2D eigenvalue weighted by atomic mass is 9.98. The zero-order chi connectivity index (χ0) is 18.7. The molecule has 0 atom stereocenters. The predicted molar refractivity (Wildman–Crippen MR) is 96.1 cm³/mol. The maximum atomic E-state index is 13.3. The Morgan fingerprint density at radius 3 is 2.35 bits per heavy atom. The Balaban J connectivity index is 2.25. The van der Waals surface area contributed by atoms with E-state index < -0.39 is 0 Å². The molecule has 3 rings (SSSR count). The van der Waals surface area contributed by atoms with E-state index >= 15 is 0 Å². The number of nitrogens with one attached hydrogen (secondary N) is 1. The van der Waals surface area contributed by atoms with E-state index in [1.165, 1.54) is 12.1 Å². The summed E-state index contributed by atoms with van der Waals surface area (Å²) >= 11 is 0. The summed E-state index contributed by atoms with van der Waals surface area (Å²) in [5, 5.41) is 9.49. The Kier molecular flexibility index (Phi) is 4.72. The molecule has 0 unspecified atom stereocenters. The lowest BCUT2D eigenvalue weighted by Gasteiger charge is -2.11. The highest BCUT2D eigenvalue weighted by Gasteiger charge is 2.19. The first kappa shape index (κ1) is 17.2. The Hall–Kier alpha value is -3.59. The summed E-state index contributed by atoms with van der Waals surface area (Å²) in [6.45, 7) is 0. The van der Waals surface area contributed by atoms with Crippen LogP contribution in [0.25, 0.3) is 22.4 Å². The van der Waals surface area contributed by atoms with Crippen LogP contribution in [0.4, 0.5) is 10.2 Å². The molecule has 130 valence electrons. The minimum atomic E-state index is -0.350. The third-order valence-corrected chi connectivity index (χ3v) is 4.06. The third-order valence-electron chi connectivity index (χ3n) is 4.06. The van der Waals surface area contributed by atoms with Crippen LogP contribution < -0.4 is 20.2 Å². The summed E-state index contributed by atoms with van der Waals surface area (Å²) in [4.78, 5) is 3.04. The molecule has 0 bridgehead atoms. The quantitative estimate of drug-likeness (QED) is 0.781. The molecule has 0 spiro atoms. The number of ether oxygens (including phenoxy) is 2. The first-order chi connectivity index (χ1) is 12.6. The summed E-state index contributed by atoms with van der Waals surface area (Å²) < 4.78 is 24.0. The van der Waals surface area contributed by atoms with Gasteiger partial charge in [0.15, 0.2) is 0 Å². The van der Waals surface area contributed by atoms with Gasteiger partial charge in [-0.25, -0.2) is 9.37 Å². The molecular weight excluding hydrogens is 333 g/mol. The molecular formula is C20H17FN3O2+. The van der Waals surface area contributed by atoms with E-state index in [1.54, 1.807) is 44.6 Å². The molecule has 0 aliphatic heterocycles. The number of aromatic amines is 1. The molecule has 0 aliphatic rings. The fourth-order valence-electron chi connectivity index (χ4n) is 2.75. The first-order valence-corrected chi connectivity index (χ1v) is 7.81. The molecule has 0 saturated carbocycles. The zero-order valence-corrected chi connectivity index (χ0v) is 14.3. The van der Waals surface area contributed by atoms with Gasteiger partial charge in [-0.15, -0.1) is 0 Å². The molecule has 0 amide bonds. The molecule has 1 heterocycles. The van der Waals surface area contributed by atoms with E-state index in [-0.39, 0.29) is 11.6 Å². The van der Waals surface area contributed by atoms with Crippen LogP contribution in [-0.4, -0.2) is 14.2 Å². The van der Waals surface area contributed by atoms with Crippen molar-refractivity contribution in [2.45, 2.75) is 0 Å². The molecule has 26 heavy (non-hydrogen) atoms. The highest BCUT2D eigenvalue weighted by molar-refractivity contribution is 5.79. The molecule has 0 aliphatic carbocycles. The lowest BCUT2D eigenvalue weighted by molar-refractivity contribution is -0.347. The van der Waals surface area contributed by atoms with Crippen LogP contribution in [0.2, 0.25) is 0 Å². The van der Waals surface area contributed by atoms with Gasteiger partial charge in [0.2, 0.25) is 0 Å². The van der Waals surface area contributed by atoms with Gasteiger partial charge in [-0.1, -0.05) is 12.1 Å². The van der Waals surface area contributed by atoms with Crippen molar-refractivity contribution in [3.63, 3.8) is 0 Å². The van der Waals surface area contributed by atoms with Crippen LogP contribution in [0.3, 0.4) is 0 Å². The second-order valence-corrected chi connectivity index (χ2v) is 5.57. The topological polar surface area (TPSA) is 82.4 Å². The molecule has 0 radical (unpaired) electrons. The van der Waals surface area contributed by atoms with Crippen molar-refractivity contribution in [2.24, 2.45) is 0 Å². The van der Waals surface area contributed by atoms with Crippen LogP contribution in [-0.2, 0) is 0 Å². The van der Waals surface area contributed by atoms with Crippen molar-refractivity contribution in [3.05, 3.63) is 59.9 Å². The number of aromatic nitrogens is 1. The number of pyridine rings is 1. The Bertz CT molecular complexity index is 995. The van der Waals surface area contributed by atoms with Crippen LogP contribution >= 0.6 is 0 Å². The number of nitriles is 1. The maximum absolute atomic E-state index is 13.3. The van der Waals surface area contributed by atoms with Crippen molar-refractivity contribution < 1.29 is 18.8 Å². The molecule has 0 saturated heterocycles. The van der Waals surface area contributed by atoms with E-state index in [0.29, 0.717) is 33.9 Å². The van der Waals surface area contributed by atoms with Crippen LogP contribution in [0.5, 0.6) is 11.5 Å². The number of hydrogen-bond donors (Lipinski definition) is 1. The molecule has 3 N–H and O–H groups in total. The minimum Gasteiger partial charge on any atom is -0.497 e. The van der Waals surface area contributed by atoms with E-state index in [9.17, 15) is 9.65 Å². The van der Waals surface area contributed by atoms with Crippen molar-refractivity contribution in [2.75, 3.05) is 20.0 Å². The molecule has 5 nitrogen and oxygen atoms in total. The van der Waals surface area contributed by atoms with Gasteiger partial charge in [0.1, 0.15) is 34.6 Å². The Labute approximate surface area is 150 Å². The fraction of sp³-hybridized carbons (Fsp3) is 0.100. The second-order valence-electron chi connectivity index (χ2n) is 5.57. The van der Waals surface area contributed by atoms with Crippen LogP contribution in [0, 0.1) is 17.1 Å². The number of nitrogens with two attached hydrogens (primary N) is 1. The maximum Gasteiger partial charge on any atom is 0.289 e. The van der Waals surface area contributed by atoms with Gasteiger partial charge in [0.25, 0.3) is 5.82 Å². The van der Waals surface area contributed by atoms with Crippen molar-refractivity contribution in [3.8, 4) is 40.0 Å². The minimum absolute atomic E-state index is 0.217. The largest absolute Gasteiger partial charge is 0.497 e. The Morgan fingerprint density at radius 2 is 1.73 bits per heavy atom. The molecule has 3 aromatic rings. The first-order valence-electron chi connectivity index (χ1n) is 7.81. The summed E-state index contributed by atoms with van der Waals surface area (Å²) in [6.07, 6.45) is 0. The molecule has 0 fully saturated rings. The average molecular weight is 350 g/mol. The van der Waals surface area contributed by atoms with E-state index in [4.69, 9.17) is 15.2 Å². The Morgan fingerprint density at radius 1 is 1.00 bits per heavy atom. The SMILES string of the molecule is COc1ccc(OC)c(-c2cc(-c3ccc(F)cc3)c(C#N)c(N)[nH+]2)c1. The van der Waals surface area contributed by atoms with Crippen LogP contribution in [0.1, 0.15) is 5.56 Å². The summed E-state index contributed by atoms with van der Waals surface area (Å²) in [5.41, 5.74) is 9.03. The van der Waals surface area contributed by atoms with Gasteiger partial charge >= 0.3 is 0 Å². The van der Waals surface area contributed by atoms with Gasteiger partial charge in [-0.2, -0.15) is 5.26 Å². The van der Waals surface area contributed by atoms with Crippen LogP contribution in [0.15, 0.2) is 48.5 Å². The van der Waals surface area contributed by atoms with Gasteiger partial charge < -0.3 is 9.47 Å². The number of anilines is 1. The van der Waals surface area contributed by atoms with E-state index in [0.717, 1.165) is 5.56 Å². The lowest BCUT2D eigenvalue weighted by Crippen LogP contribution is -2.16. The number of H-pyrrole nitrogens is 1. The highest BCUT2D eigenvalue weighted by atomic mass is 19.1. The summed E-state index contributed by atoms with van der Waals surface area (Å²) in [5.74, 6) is 1.14. The number of methoxy groups -OCH3 is 2. The second kappa shape index (κ2) is 7.11. The monoisotopic (exact) mass is 350 g/mol. The average Bonchev–Trinajstić information content (AvgIpc) is 2.67. The van der Waals surface area contributed by atoms with Crippen molar-refractivity contribution in [1.82, 2.24) is 0 Å². The van der Waals surface area contributed by atoms with E-state index in [1.807, 2.05) is 6.07 Å². The van der Waals surface area contributed by atoms with Gasteiger partial charge in [0, 0.05) is 5.56 Å². The van der Waals surface area contributed by atoms with Gasteiger partial charge in [-0.05, 0) is 42.0 Å². The number of benzene rings is 2. The van der Waals surface area contributed by atoms with Gasteiger partial charge in [0.05, 0.1) is 19.8 Å². The van der Waals surface area contributed by atoms with Crippen molar-refractivity contribution in [1.29, 1.82) is 5.26 Å². The summed E-state index contributed by atoms with van der Waals surface area (Å²) in [7, 11) is 3.14. The zero-order valence-electron chi connectivity index (χ0n) is 14.3. The number of hydrogen-bond acceptors (Lipinski definition) is 4. The third kappa shape index (κ3) is 3.15. The number of nitrogen functional groups attached to an aromatic ring is 1.